The summed E-state index contributed by atoms with van der Waals surface area (Å²) in [5.74, 6) is 0. The van der Waals surface area contributed by atoms with Crippen molar-refractivity contribution >= 4 is 18.5 Å². The normalized spacial score (nSPS) is 17.9. The predicted octanol–water partition coefficient (Wildman–Crippen LogP) is 3.08. The van der Waals surface area contributed by atoms with E-state index in [1.807, 2.05) is 41.5 Å². The van der Waals surface area contributed by atoms with E-state index in [0.29, 0.717) is 6.61 Å². The molecule has 1 N–H and O–H groups in total. The van der Waals surface area contributed by atoms with Crippen molar-refractivity contribution in [3.63, 3.8) is 0 Å². The summed E-state index contributed by atoms with van der Waals surface area (Å²) in [7, 11) is 0. The van der Waals surface area contributed by atoms with E-state index < -0.39 is 12.3 Å². The number of hydrogen-bond donors (Lipinski definition) is 1. The van der Waals surface area contributed by atoms with E-state index >= 15 is 0 Å². The minimum absolute atomic E-state index is 0.0198. The first-order chi connectivity index (χ1) is 5.91. The summed E-state index contributed by atoms with van der Waals surface area (Å²) < 4.78 is 10.5. The van der Waals surface area contributed by atoms with Crippen LogP contribution in [0.3, 0.4) is 0 Å². The molecule has 0 aromatic heterocycles. The zero-order valence-electron chi connectivity index (χ0n) is 9.83. The lowest BCUT2D eigenvalue weighted by Crippen LogP contribution is -2.20. The molecule has 0 spiro atoms. The molecule has 0 amide bonds. The molecule has 0 aromatic carbocycles. The van der Waals surface area contributed by atoms with Crippen LogP contribution in [-0.2, 0) is 20.9 Å². The highest BCUT2D eigenvalue weighted by Gasteiger charge is 2.26. The molecule has 0 aliphatic rings. The SMILES string of the molecule is CC(C)(C)COP(O)(=S)OC(C)(C)C. The van der Waals surface area contributed by atoms with Gasteiger partial charge in [0.05, 0.1) is 12.2 Å². The molecule has 0 fully saturated rings. The van der Waals surface area contributed by atoms with Crippen LogP contribution in [0.25, 0.3) is 0 Å². The Morgan fingerprint density at radius 3 is 1.86 bits per heavy atom. The van der Waals surface area contributed by atoms with Crippen LogP contribution in [0.15, 0.2) is 0 Å². The van der Waals surface area contributed by atoms with E-state index in [9.17, 15) is 4.89 Å². The summed E-state index contributed by atoms with van der Waals surface area (Å²) >= 11 is 4.88. The van der Waals surface area contributed by atoms with E-state index in [1.54, 1.807) is 0 Å². The summed E-state index contributed by atoms with van der Waals surface area (Å²) in [6, 6.07) is 0. The smallest absolute Gasteiger partial charge is 0.324 e. The molecule has 0 radical (unpaired) electrons. The van der Waals surface area contributed by atoms with Crippen molar-refractivity contribution in [3.05, 3.63) is 0 Å². The molecule has 3 nitrogen and oxygen atoms in total. The average molecular weight is 240 g/mol. The Hall–Kier alpha value is 0.530. The second-order valence-electron chi connectivity index (χ2n) is 5.51. The molecule has 0 saturated heterocycles. The lowest BCUT2D eigenvalue weighted by Gasteiger charge is -2.28. The Morgan fingerprint density at radius 2 is 1.57 bits per heavy atom. The number of hydrogen-bond acceptors (Lipinski definition) is 3. The van der Waals surface area contributed by atoms with Gasteiger partial charge < -0.3 is 13.9 Å². The minimum Gasteiger partial charge on any atom is -0.324 e. The van der Waals surface area contributed by atoms with Crippen LogP contribution in [0.1, 0.15) is 41.5 Å². The average Bonchev–Trinajstić information content (AvgIpc) is 1.76. The highest BCUT2D eigenvalue weighted by Crippen LogP contribution is 2.48. The third-order valence-corrected chi connectivity index (χ3v) is 2.82. The Labute approximate surface area is 92.1 Å². The summed E-state index contributed by atoms with van der Waals surface area (Å²) in [4.78, 5) is 9.69. The molecule has 0 heterocycles. The van der Waals surface area contributed by atoms with Gasteiger partial charge in [-0.3, -0.25) is 0 Å². The van der Waals surface area contributed by atoms with Crippen molar-refractivity contribution in [3.8, 4) is 0 Å². The first-order valence-electron chi connectivity index (χ1n) is 4.59. The van der Waals surface area contributed by atoms with Gasteiger partial charge in [0.25, 0.3) is 0 Å². The van der Waals surface area contributed by atoms with Crippen molar-refractivity contribution in [1.29, 1.82) is 0 Å². The van der Waals surface area contributed by atoms with Gasteiger partial charge in [-0.1, -0.05) is 20.8 Å². The lowest BCUT2D eigenvalue weighted by atomic mass is 9.99. The van der Waals surface area contributed by atoms with Gasteiger partial charge >= 0.3 is 6.72 Å². The van der Waals surface area contributed by atoms with Crippen LogP contribution in [0, 0.1) is 5.41 Å². The number of rotatable bonds is 3. The molecule has 86 valence electrons. The van der Waals surface area contributed by atoms with E-state index in [1.165, 1.54) is 0 Å². The van der Waals surface area contributed by atoms with Crippen molar-refractivity contribution in [2.45, 2.75) is 47.1 Å². The van der Waals surface area contributed by atoms with E-state index in [2.05, 4.69) is 0 Å². The van der Waals surface area contributed by atoms with Gasteiger partial charge in [0.15, 0.2) is 0 Å². The molecule has 0 aliphatic carbocycles. The van der Waals surface area contributed by atoms with Crippen LogP contribution in [-0.4, -0.2) is 17.1 Å². The third kappa shape index (κ3) is 9.10. The minimum atomic E-state index is -3.08. The van der Waals surface area contributed by atoms with E-state index in [-0.39, 0.29) is 5.41 Å². The van der Waals surface area contributed by atoms with Crippen molar-refractivity contribution in [2.75, 3.05) is 6.61 Å². The summed E-state index contributed by atoms with van der Waals surface area (Å²) in [6.07, 6.45) is 0. The van der Waals surface area contributed by atoms with Crippen molar-refractivity contribution in [2.24, 2.45) is 5.41 Å². The molecule has 0 saturated carbocycles. The zero-order chi connectivity index (χ0) is 11.6. The summed E-state index contributed by atoms with van der Waals surface area (Å²) in [6.45, 7) is 8.88. The second-order valence-corrected chi connectivity index (χ2v) is 8.27. The topological polar surface area (TPSA) is 38.7 Å². The van der Waals surface area contributed by atoms with Gasteiger partial charge in [0.1, 0.15) is 0 Å². The van der Waals surface area contributed by atoms with Crippen LogP contribution >= 0.6 is 6.72 Å². The Morgan fingerprint density at radius 1 is 1.14 bits per heavy atom. The van der Waals surface area contributed by atoms with Gasteiger partial charge in [-0.05, 0) is 38.0 Å². The quantitative estimate of drug-likeness (QED) is 0.769. The molecule has 0 aromatic rings. The van der Waals surface area contributed by atoms with Crippen LogP contribution in [0.5, 0.6) is 0 Å². The summed E-state index contributed by atoms with van der Waals surface area (Å²) in [5.41, 5.74) is -0.490. The fourth-order valence-corrected chi connectivity index (χ4v) is 2.77. The Bertz CT molecular complexity index is 227. The largest absolute Gasteiger partial charge is 0.325 e. The van der Waals surface area contributed by atoms with Gasteiger partial charge in [0, 0.05) is 0 Å². The third-order valence-electron chi connectivity index (χ3n) is 1.05. The Kier molecular flexibility index (Phi) is 4.76. The molecule has 0 bridgehead atoms. The van der Waals surface area contributed by atoms with Gasteiger partial charge in [-0.2, -0.15) is 0 Å². The molecular formula is C9H21O3PS. The summed E-state index contributed by atoms with van der Waals surface area (Å²) in [5, 5.41) is 0. The first-order valence-corrected chi connectivity index (χ1v) is 7.18. The standard InChI is InChI=1S/C9H21O3PS/c1-8(2,3)7-11-13(10,14)12-9(4,5)6/h7H2,1-6H3,(H,10,14). The highest BCUT2D eigenvalue weighted by molar-refractivity contribution is 8.07. The Balaban J connectivity index is 4.17. The second kappa shape index (κ2) is 4.58. The molecule has 14 heavy (non-hydrogen) atoms. The monoisotopic (exact) mass is 240 g/mol. The first kappa shape index (κ1) is 14.5. The van der Waals surface area contributed by atoms with Crippen LogP contribution in [0.2, 0.25) is 0 Å². The molecular weight excluding hydrogens is 219 g/mol. The molecule has 0 rings (SSSR count). The van der Waals surface area contributed by atoms with Gasteiger partial charge in [-0.25, -0.2) is 0 Å². The maximum atomic E-state index is 9.69. The van der Waals surface area contributed by atoms with Gasteiger partial charge in [0.2, 0.25) is 0 Å². The fourth-order valence-electron chi connectivity index (χ4n) is 0.648. The van der Waals surface area contributed by atoms with E-state index in [0.717, 1.165) is 0 Å². The van der Waals surface area contributed by atoms with Crippen LogP contribution in [0.4, 0.5) is 0 Å². The van der Waals surface area contributed by atoms with Crippen molar-refractivity contribution < 1.29 is 13.9 Å². The maximum Gasteiger partial charge on any atom is 0.325 e. The van der Waals surface area contributed by atoms with Gasteiger partial charge in [-0.15, -0.1) is 0 Å². The molecule has 0 aliphatic heterocycles. The molecule has 1 unspecified atom stereocenters. The maximum absolute atomic E-state index is 9.69. The molecule has 1 atom stereocenters. The predicted molar refractivity (Wildman–Crippen MR) is 62.7 cm³/mol. The van der Waals surface area contributed by atoms with E-state index in [4.69, 9.17) is 20.9 Å². The highest BCUT2D eigenvalue weighted by atomic mass is 32.5. The molecule has 5 heteroatoms. The fraction of sp³-hybridized carbons (Fsp3) is 1.00. The lowest BCUT2D eigenvalue weighted by molar-refractivity contribution is 0.0750. The van der Waals surface area contributed by atoms with Crippen LogP contribution < -0.4 is 0 Å². The van der Waals surface area contributed by atoms with Crippen molar-refractivity contribution in [1.82, 2.24) is 0 Å². The zero-order valence-corrected chi connectivity index (χ0v) is 11.5.